The number of aliphatic hydroxyl groups excluding tert-OH is 1. The van der Waals surface area contributed by atoms with Gasteiger partial charge in [-0.05, 0) is 33.6 Å². The second kappa shape index (κ2) is 5.19. The average Bonchev–Trinajstić information content (AvgIpc) is 2.26. The van der Waals surface area contributed by atoms with Crippen LogP contribution in [0.15, 0.2) is 0 Å². The largest absolute Gasteiger partial charge is 0.444 e. The molecule has 0 aromatic heterocycles. The highest BCUT2D eigenvalue weighted by atomic mass is 16.6. The number of rotatable bonds is 2. The molecule has 0 unspecified atom stereocenters. The van der Waals surface area contributed by atoms with Crippen LogP contribution in [0.5, 0.6) is 0 Å². The van der Waals surface area contributed by atoms with Crippen molar-refractivity contribution in [2.75, 3.05) is 19.7 Å². The maximum absolute atomic E-state index is 12.0. The first kappa shape index (κ1) is 15.6. The van der Waals surface area contributed by atoms with E-state index in [-0.39, 0.29) is 12.7 Å². The quantitative estimate of drug-likeness (QED) is 0.813. The standard InChI is InChI=1S/C15H27NO4/c1-13(2,3)20-12(18)16-9-14(10-16,11-17)15(19)7-5-4-6-8-15/h17,19H,4-11H2,1-3H3. The molecule has 1 heterocycles. The van der Waals surface area contributed by atoms with Crippen molar-refractivity contribution in [3.8, 4) is 0 Å². The molecule has 1 aliphatic heterocycles. The molecule has 1 saturated carbocycles. The molecule has 0 aromatic carbocycles. The van der Waals surface area contributed by atoms with Gasteiger partial charge in [-0.15, -0.1) is 0 Å². The molecule has 2 N–H and O–H groups in total. The fourth-order valence-electron chi connectivity index (χ4n) is 3.35. The van der Waals surface area contributed by atoms with Gasteiger partial charge >= 0.3 is 6.09 Å². The molecular formula is C15H27NO4. The van der Waals surface area contributed by atoms with E-state index in [1.54, 1.807) is 4.90 Å². The minimum Gasteiger partial charge on any atom is -0.444 e. The van der Waals surface area contributed by atoms with E-state index >= 15 is 0 Å². The zero-order valence-corrected chi connectivity index (χ0v) is 12.8. The van der Waals surface area contributed by atoms with Crippen LogP contribution in [0.1, 0.15) is 52.9 Å². The molecule has 0 aromatic rings. The number of ether oxygens (including phenoxy) is 1. The van der Waals surface area contributed by atoms with Gasteiger partial charge in [0, 0.05) is 13.1 Å². The lowest BCUT2D eigenvalue weighted by Gasteiger charge is -2.58. The Morgan fingerprint density at radius 3 is 2.20 bits per heavy atom. The molecule has 1 saturated heterocycles. The number of carbonyl (C=O) groups excluding carboxylic acids is 1. The summed E-state index contributed by atoms with van der Waals surface area (Å²) in [5.41, 5.74) is -1.92. The molecule has 5 nitrogen and oxygen atoms in total. The minimum atomic E-state index is -0.835. The van der Waals surface area contributed by atoms with Gasteiger partial charge < -0.3 is 19.8 Å². The van der Waals surface area contributed by atoms with Crippen molar-refractivity contribution in [3.63, 3.8) is 0 Å². The van der Waals surface area contributed by atoms with Gasteiger partial charge in [0.15, 0.2) is 0 Å². The fourth-order valence-corrected chi connectivity index (χ4v) is 3.35. The lowest BCUT2D eigenvalue weighted by molar-refractivity contribution is -0.190. The third kappa shape index (κ3) is 2.79. The maximum Gasteiger partial charge on any atom is 0.410 e. The van der Waals surface area contributed by atoms with Crippen LogP contribution >= 0.6 is 0 Å². The van der Waals surface area contributed by atoms with Gasteiger partial charge in [0.2, 0.25) is 0 Å². The van der Waals surface area contributed by atoms with Crippen molar-refractivity contribution in [2.45, 2.75) is 64.1 Å². The number of aliphatic hydroxyl groups is 2. The predicted octanol–water partition coefficient (Wildman–Crippen LogP) is 1.91. The lowest BCUT2D eigenvalue weighted by Crippen LogP contribution is -2.70. The first-order chi connectivity index (χ1) is 9.21. The van der Waals surface area contributed by atoms with Gasteiger partial charge in [0.25, 0.3) is 0 Å². The van der Waals surface area contributed by atoms with E-state index in [1.165, 1.54) is 0 Å². The van der Waals surface area contributed by atoms with E-state index in [4.69, 9.17) is 4.74 Å². The monoisotopic (exact) mass is 285 g/mol. The van der Waals surface area contributed by atoms with Crippen LogP contribution < -0.4 is 0 Å². The van der Waals surface area contributed by atoms with Crippen molar-refractivity contribution in [3.05, 3.63) is 0 Å². The summed E-state index contributed by atoms with van der Waals surface area (Å²) < 4.78 is 5.32. The first-order valence-corrected chi connectivity index (χ1v) is 7.53. The first-order valence-electron chi connectivity index (χ1n) is 7.53. The van der Waals surface area contributed by atoms with Gasteiger partial charge in [-0.1, -0.05) is 19.3 Å². The van der Waals surface area contributed by atoms with E-state index < -0.39 is 16.6 Å². The number of hydrogen-bond acceptors (Lipinski definition) is 4. The number of hydrogen-bond donors (Lipinski definition) is 2. The Hall–Kier alpha value is -0.810. The zero-order valence-electron chi connectivity index (χ0n) is 12.8. The van der Waals surface area contributed by atoms with Gasteiger partial charge in [-0.3, -0.25) is 0 Å². The highest BCUT2D eigenvalue weighted by Gasteiger charge is 2.58. The summed E-state index contributed by atoms with van der Waals surface area (Å²) in [4.78, 5) is 13.5. The molecule has 5 heteroatoms. The normalized spacial score (nSPS) is 24.9. The molecule has 2 aliphatic rings. The lowest BCUT2D eigenvalue weighted by atomic mass is 9.61. The molecule has 2 rings (SSSR count). The van der Waals surface area contributed by atoms with E-state index in [1.807, 2.05) is 20.8 Å². The fraction of sp³-hybridized carbons (Fsp3) is 0.933. The maximum atomic E-state index is 12.0. The molecular weight excluding hydrogens is 258 g/mol. The summed E-state index contributed by atoms with van der Waals surface area (Å²) in [5.74, 6) is 0. The smallest absolute Gasteiger partial charge is 0.410 e. The molecule has 20 heavy (non-hydrogen) atoms. The van der Waals surface area contributed by atoms with Crippen LogP contribution in [0.2, 0.25) is 0 Å². The Labute approximate surface area is 120 Å². The van der Waals surface area contributed by atoms with Crippen LogP contribution in [0.25, 0.3) is 0 Å². The molecule has 2 fully saturated rings. The molecule has 1 aliphatic carbocycles. The summed E-state index contributed by atoms with van der Waals surface area (Å²) in [5, 5.41) is 20.6. The van der Waals surface area contributed by atoms with Crippen LogP contribution in [-0.4, -0.2) is 52.1 Å². The van der Waals surface area contributed by atoms with Gasteiger partial charge in [0.1, 0.15) is 5.60 Å². The summed E-state index contributed by atoms with van der Waals surface area (Å²) in [6.07, 6.45) is 4.20. The van der Waals surface area contributed by atoms with Gasteiger partial charge in [-0.25, -0.2) is 4.79 Å². The topological polar surface area (TPSA) is 70.0 Å². The van der Waals surface area contributed by atoms with E-state index in [9.17, 15) is 15.0 Å². The van der Waals surface area contributed by atoms with Crippen molar-refractivity contribution in [2.24, 2.45) is 5.41 Å². The Bertz CT molecular complexity index is 363. The molecule has 0 atom stereocenters. The Balaban J connectivity index is 1.99. The van der Waals surface area contributed by atoms with Crippen LogP contribution in [0.4, 0.5) is 4.79 Å². The Morgan fingerprint density at radius 2 is 1.75 bits per heavy atom. The predicted molar refractivity (Wildman–Crippen MR) is 75.4 cm³/mol. The summed E-state index contributed by atoms with van der Waals surface area (Å²) in [7, 11) is 0. The van der Waals surface area contributed by atoms with Crippen LogP contribution in [0.3, 0.4) is 0 Å². The summed E-state index contributed by atoms with van der Waals surface area (Å²) in [6, 6.07) is 0. The van der Waals surface area contributed by atoms with Crippen molar-refractivity contribution in [1.82, 2.24) is 4.90 Å². The zero-order chi connectivity index (χ0) is 15.0. The van der Waals surface area contributed by atoms with E-state index in [0.29, 0.717) is 13.1 Å². The Kier molecular flexibility index (Phi) is 4.04. The molecule has 0 radical (unpaired) electrons. The summed E-state index contributed by atoms with van der Waals surface area (Å²) >= 11 is 0. The number of carbonyl (C=O) groups is 1. The van der Waals surface area contributed by atoms with Crippen molar-refractivity contribution < 1.29 is 19.7 Å². The number of amides is 1. The second-order valence-corrected chi connectivity index (χ2v) is 7.37. The van der Waals surface area contributed by atoms with Gasteiger partial charge in [0.05, 0.1) is 17.6 Å². The average molecular weight is 285 g/mol. The van der Waals surface area contributed by atoms with Crippen molar-refractivity contribution in [1.29, 1.82) is 0 Å². The highest BCUT2D eigenvalue weighted by Crippen LogP contribution is 2.48. The van der Waals surface area contributed by atoms with E-state index in [0.717, 1.165) is 32.1 Å². The molecule has 116 valence electrons. The number of nitrogens with zero attached hydrogens (tertiary/aromatic N) is 1. The minimum absolute atomic E-state index is 0.0806. The molecule has 1 amide bonds. The second-order valence-electron chi connectivity index (χ2n) is 7.37. The molecule has 0 spiro atoms. The third-order valence-corrected chi connectivity index (χ3v) is 4.61. The van der Waals surface area contributed by atoms with E-state index in [2.05, 4.69) is 0 Å². The van der Waals surface area contributed by atoms with Crippen molar-refractivity contribution >= 4 is 6.09 Å². The number of likely N-dealkylation sites (tertiary alicyclic amines) is 1. The Morgan fingerprint density at radius 1 is 1.20 bits per heavy atom. The van der Waals surface area contributed by atoms with Crippen LogP contribution in [0, 0.1) is 5.41 Å². The SMILES string of the molecule is CC(C)(C)OC(=O)N1CC(CO)(C2(O)CCCCC2)C1. The van der Waals surface area contributed by atoms with Crippen LogP contribution in [-0.2, 0) is 4.74 Å². The third-order valence-electron chi connectivity index (χ3n) is 4.61. The molecule has 0 bridgehead atoms. The summed E-state index contributed by atoms with van der Waals surface area (Å²) in [6.45, 7) is 6.18. The highest BCUT2D eigenvalue weighted by molar-refractivity contribution is 5.69. The van der Waals surface area contributed by atoms with Gasteiger partial charge in [-0.2, -0.15) is 0 Å².